The summed E-state index contributed by atoms with van der Waals surface area (Å²) in [6, 6.07) is 11.3. The summed E-state index contributed by atoms with van der Waals surface area (Å²) >= 11 is 6.02. The summed E-state index contributed by atoms with van der Waals surface area (Å²) in [5.74, 6) is 1.86. The molecule has 0 aliphatic carbocycles. The van der Waals surface area contributed by atoms with Gasteiger partial charge in [-0.3, -0.25) is 9.69 Å². The molecule has 0 radical (unpaired) electrons. The van der Waals surface area contributed by atoms with Crippen LogP contribution in [-0.2, 0) is 6.54 Å². The summed E-state index contributed by atoms with van der Waals surface area (Å²) in [6.45, 7) is 4.66. The second-order valence-electron chi connectivity index (χ2n) is 6.34. The lowest BCUT2D eigenvalue weighted by Crippen LogP contribution is -3.13. The van der Waals surface area contributed by atoms with Crippen molar-refractivity contribution in [3.8, 4) is 0 Å². The molecule has 3 aromatic rings. The zero-order valence-electron chi connectivity index (χ0n) is 13.8. The number of aromatic amines is 2. The number of H-pyrrole nitrogens is 2. The number of aromatic nitrogens is 3. The second kappa shape index (κ2) is 6.82. The molecule has 1 aliphatic heterocycles. The van der Waals surface area contributed by atoms with Gasteiger partial charge in [0, 0.05) is 11.1 Å². The molecule has 0 bridgehead atoms. The van der Waals surface area contributed by atoms with Gasteiger partial charge in [-0.05, 0) is 24.3 Å². The first-order valence-electron chi connectivity index (χ1n) is 8.43. The number of nitrogens with one attached hydrogen (secondary N) is 3. The van der Waals surface area contributed by atoms with Crippen molar-refractivity contribution in [1.82, 2.24) is 9.97 Å². The molecule has 1 aromatic carbocycles. The minimum atomic E-state index is -0.103. The van der Waals surface area contributed by atoms with Crippen molar-refractivity contribution in [1.29, 1.82) is 0 Å². The Morgan fingerprint density at radius 3 is 2.84 bits per heavy atom. The highest BCUT2D eigenvalue weighted by atomic mass is 35.5. The quantitative estimate of drug-likeness (QED) is 0.708. The highest BCUT2D eigenvalue weighted by Gasteiger charge is 2.26. The van der Waals surface area contributed by atoms with Crippen molar-refractivity contribution in [3.05, 3.63) is 63.8 Å². The Kier molecular flexibility index (Phi) is 4.38. The maximum absolute atomic E-state index is 12.2. The Bertz CT molecular complexity index is 935. The third kappa shape index (κ3) is 3.50. The third-order valence-corrected chi connectivity index (χ3v) is 4.87. The standard InChI is InChI=1S/C18H18ClN5O/c19-13-4-5-14-15(11-13)21-16(22-18(14)25)12-23-7-9-24(10-8-23)17-3-1-2-6-20-17/h1-6,11H,7-10,12H2,(H,21,22,25)/p+2. The minimum absolute atomic E-state index is 0.103. The molecule has 3 N–H and O–H groups in total. The fourth-order valence-corrected chi connectivity index (χ4v) is 3.47. The summed E-state index contributed by atoms with van der Waals surface area (Å²) in [4.78, 5) is 26.8. The molecule has 4 rings (SSSR count). The first-order chi connectivity index (χ1) is 12.2. The second-order valence-corrected chi connectivity index (χ2v) is 6.77. The van der Waals surface area contributed by atoms with Crippen LogP contribution in [0.1, 0.15) is 5.82 Å². The predicted octanol–water partition coefficient (Wildman–Crippen LogP) is 0.296. The average Bonchev–Trinajstić information content (AvgIpc) is 2.63. The molecular weight excluding hydrogens is 338 g/mol. The van der Waals surface area contributed by atoms with Crippen molar-refractivity contribution in [2.45, 2.75) is 6.54 Å². The summed E-state index contributed by atoms with van der Waals surface area (Å²) in [5.41, 5.74) is 0.553. The number of anilines is 1. The fourth-order valence-electron chi connectivity index (χ4n) is 3.30. The van der Waals surface area contributed by atoms with Gasteiger partial charge < -0.3 is 9.88 Å². The van der Waals surface area contributed by atoms with E-state index in [1.54, 1.807) is 18.2 Å². The van der Waals surface area contributed by atoms with Crippen molar-refractivity contribution in [2.24, 2.45) is 0 Å². The summed E-state index contributed by atoms with van der Waals surface area (Å²) in [5, 5.41) is 1.17. The van der Waals surface area contributed by atoms with E-state index in [1.807, 2.05) is 18.3 Å². The maximum Gasteiger partial charge on any atom is 0.274 e. The largest absolute Gasteiger partial charge is 0.322 e. The monoisotopic (exact) mass is 357 g/mol. The molecule has 25 heavy (non-hydrogen) atoms. The topological polar surface area (TPSA) is 67.6 Å². The molecule has 2 aromatic heterocycles. The van der Waals surface area contributed by atoms with E-state index in [0.29, 0.717) is 22.5 Å². The Labute approximate surface area is 150 Å². The Balaban J connectivity index is 1.47. The van der Waals surface area contributed by atoms with Crippen molar-refractivity contribution in [3.63, 3.8) is 0 Å². The average molecular weight is 358 g/mol. The van der Waals surface area contributed by atoms with E-state index < -0.39 is 0 Å². The van der Waals surface area contributed by atoms with Crippen LogP contribution in [0.2, 0.25) is 5.02 Å². The molecule has 6 nitrogen and oxygen atoms in total. The number of halogens is 1. The van der Waals surface area contributed by atoms with E-state index in [-0.39, 0.29) is 5.56 Å². The molecule has 0 unspecified atom stereocenters. The Morgan fingerprint density at radius 1 is 1.24 bits per heavy atom. The SMILES string of the molecule is O=c1[nH]c(C[NH+]2CCN(c3cccc[nH+]3)CC2)nc2cc(Cl)ccc12. The van der Waals surface area contributed by atoms with E-state index >= 15 is 0 Å². The zero-order chi connectivity index (χ0) is 17.2. The zero-order valence-corrected chi connectivity index (χ0v) is 14.5. The number of benzene rings is 1. The predicted molar refractivity (Wildman–Crippen MR) is 97.0 cm³/mol. The van der Waals surface area contributed by atoms with Gasteiger partial charge >= 0.3 is 0 Å². The van der Waals surface area contributed by atoms with Crippen LogP contribution in [0.5, 0.6) is 0 Å². The molecular formula is C18H20ClN5O+2. The van der Waals surface area contributed by atoms with Crippen LogP contribution in [0.4, 0.5) is 5.82 Å². The van der Waals surface area contributed by atoms with Gasteiger partial charge in [0.15, 0.2) is 5.82 Å². The first-order valence-corrected chi connectivity index (χ1v) is 8.80. The highest BCUT2D eigenvalue weighted by molar-refractivity contribution is 6.31. The van der Waals surface area contributed by atoms with E-state index in [1.165, 1.54) is 4.90 Å². The lowest BCUT2D eigenvalue weighted by molar-refractivity contribution is -0.915. The van der Waals surface area contributed by atoms with Crippen LogP contribution in [0.3, 0.4) is 0 Å². The lowest BCUT2D eigenvalue weighted by Gasteiger charge is -2.27. The van der Waals surface area contributed by atoms with Crippen LogP contribution in [0, 0.1) is 0 Å². The van der Waals surface area contributed by atoms with Crippen molar-refractivity contribution >= 4 is 28.3 Å². The van der Waals surface area contributed by atoms with Crippen molar-refractivity contribution in [2.75, 3.05) is 31.1 Å². The molecule has 0 saturated carbocycles. The molecule has 0 spiro atoms. The maximum atomic E-state index is 12.2. The molecule has 128 valence electrons. The fraction of sp³-hybridized carbons (Fsp3) is 0.278. The number of rotatable bonds is 3. The van der Waals surface area contributed by atoms with Crippen LogP contribution < -0.4 is 20.3 Å². The third-order valence-electron chi connectivity index (χ3n) is 4.64. The minimum Gasteiger partial charge on any atom is -0.322 e. The van der Waals surface area contributed by atoms with Gasteiger partial charge in [0.2, 0.25) is 0 Å². The highest BCUT2D eigenvalue weighted by Crippen LogP contribution is 2.14. The molecule has 0 atom stereocenters. The molecule has 1 fully saturated rings. The van der Waals surface area contributed by atoms with Gasteiger partial charge in [0.25, 0.3) is 11.4 Å². The first kappa shape index (κ1) is 16.1. The molecule has 7 heteroatoms. The molecule has 1 aliphatic rings. The van der Waals surface area contributed by atoms with Gasteiger partial charge in [0.05, 0.1) is 17.1 Å². The van der Waals surface area contributed by atoms with Crippen molar-refractivity contribution < 1.29 is 9.88 Å². The smallest absolute Gasteiger partial charge is 0.274 e. The van der Waals surface area contributed by atoms with Crippen LogP contribution >= 0.6 is 11.6 Å². The number of fused-ring (bicyclic) bond motifs is 1. The number of hydrogen-bond acceptors (Lipinski definition) is 3. The normalized spacial score (nSPS) is 15.6. The van der Waals surface area contributed by atoms with Crippen LogP contribution in [0.25, 0.3) is 10.9 Å². The molecule has 3 heterocycles. The van der Waals surface area contributed by atoms with E-state index in [4.69, 9.17) is 11.6 Å². The number of pyridine rings is 1. The van der Waals surface area contributed by atoms with Gasteiger partial charge in [-0.25, -0.2) is 9.97 Å². The summed E-state index contributed by atoms with van der Waals surface area (Å²) in [7, 11) is 0. The van der Waals surface area contributed by atoms with Crippen LogP contribution in [0.15, 0.2) is 47.4 Å². The van der Waals surface area contributed by atoms with Crippen LogP contribution in [-0.4, -0.2) is 36.1 Å². The summed E-state index contributed by atoms with van der Waals surface area (Å²) in [6.07, 6.45) is 1.95. The number of nitrogens with zero attached hydrogens (tertiary/aromatic N) is 2. The Hall–Kier alpha value is -2.44. The van der Waals surface area contributed by atoms with Gasteiger partial charge in [-0.1, -0.05) is 17.7 Å². The van der Waals surface area contributed by atoms with E-state index in [2.05, 4.69) is 25.9 Å². The lowest BCUT2D eigenvalue weighted by atomic mass is 10.2. The van der Waals surface area contributed by atoms with E-state index in [0.717, 1.165) is 37.8 Å². The Morgan fingerprint density at radius 2 is 2.08 bits per heavy atom. The molecule has 0 amide bonds. The van der Waals surface area contributed by atoms with Gasteiger partial charge in [-0.15, -0.1) is 0 Å². The molecule has 1 saturated heterocycles. The number of quaternary nitrogens is 1. The number of piperazine rings is 1. The van der Waals surface area contributed by atoms with Gasteiger partial charge in [0.1, 0.15) is 32.7 Å². The number of hydrogen-bond donors (Lipinski definition) is 2. The van der Waals surface area contributed by atoms with Gasteiger partial charge in [-0.2, -0.15) is 0 Å². The summed E-state index contributed by atoms with van der Waals surface area (Å²) < 4.78 is 0. The van der Waals surface area contributed by atoms with E-state index in [9.17, 15) is 4.79 Å².